The van der Waals surface area contributed by atoms with Gasteiger partial charge in [0.2, 0.25) is 0 Å². The number of likely N-dealkylation sites (tertiary alicyclic amines) is 1. The molecule has 1 aliphatic rings. The van der Waals surface area contributed by atoms with Gasteiger partial charge in [0.25, 0.3) is 0 Å². The van der Waals surface area contributed by atoms with Gasteiger partial charge in [-0.15, -0.1) is 11.3 Å². The van der Waals surface area contributed by atoms with Crippen molar-refractivity contribution in [2.75, 3.05) is 26.2 Å². The largest absolute Gasteiger partial charge is 0.392 e. The third-order valence-corrected chi connectivity index (χ3v) is 3.70. The highest BCUT2D eigenvalue weighted by Gasteiger charge is 2.14. The lowest BCUT2D eigenvalue weighted by Crippen LogP contribution is -2.37. The molecule has 1 aromatic rings. The Morgan fingerprint density at radius 2 is 2.28 bits per heavy atom. The number of thiophene rings is 1. The summed E-state index contributed by atoms with van der Waals surface area (Å²) in [5, 5.41) is 15.5. The first-order valence-corrected chi connectivity index (χ1v) is 7.24. The van der Waals surface area contributed by atoms with Gasteiger partial charge >= 0.3 is 0 Å². The Kier molecular flexibility index (Phi) is 5.64. The van der Waals surface area contributed by atoms with Crippen molar-refractivity contribution in [1.29, 1.82) is 0 Å². The predicted molar refractivity (Wildman–Crippen MR) is 73.1 cm³/mol. The second-order valence-corrected chi connectivity index (χ2v) is 5.44. The monoisotopic (exact) mass is 267 g/mol. The average molecular weight is 267 g/mol. The Balaban J connectivity index is 1.60. The van der Waals surface area contributed by atoms with E-state index in [0.717, 1.165) is 18.0 Å². The number of β-amino-alcohol motifs (C(OH)–C–C–N with tert-alkyl or cyclic N) is 1. The van der Waals surface area contributed by atoms with Gasteiger partial charge in [-0.2, -0.15) is 0 Å². The molecule has 0 bridgehead atoms. The van der Waals surface area contributed by atoms with E-state index >= 15 is 0 Å². The zero-order valence-electron chi connectivity index (χ0n) is 10.4. The van der Waals surface area contributed by atoms with Crippen LogP contribution in [0.2, 0.25) is 0 Å². The SMILES string of the molecule is OC(CO/N=[C]/c1cccs1)CN1CCCCC1. The quantitative estimate of drug-likeness (QED) is 0.631. The first-order valence-electron chi connectivity index (χ1n) is 6.36. The van der Waals surface area contributed by atoms with Crippen LogP contribution in [0.1, 0.15) is 24.1 Å². The summed E-state index contributed by atoms with van der Waals surface area (Å²) < 4.78 is 0. The molecule has 4 nitrogen and oxygen atoms in total. The second kappa shape index (κ2) is 7.51. The van der Waals surface area contributed by atoms with Crippen LogP contribution in [0, 0.1) is 0 Å². The van der Waals surface area contributed by atoms with Crippen LogP contribution in [0.5, 0.6) is 0 Å². The van der Waals surface area contributed by atoms with E-state index < -0.39 is 6.10 Å². The van der Waals surface area contributed by atoms with Crippen LogP contribution >= 0.6 is 11.3 Å². The van der Waals surface area contributed by atoms with Gasteiger partial charge in [-0.25, -0.2) is 0 Å². The van der Waals surface area contributed by atoms with Gasteiger partial charge in [-0.05, 0) is 37.4 Å². The van der Waals surface area contributed by atoms with Gasteiger partial charge in [-0.1, -0.05) is 17.6 Å². The molecule has 0 saturated carbocycles. The lowest BCUT2D eigenvalue weighted by molar-refractivity contribution is 0.0163. The highest BCUT2D eigenvalue weighted by Crippen LogP contribution is 2.09. The summed E-state index contributed by atoms with van der Waals surface area (Å²) in [5.74, 6) is 0. The molecule has 1 radical (unpaired) electrons. The maximum atomic E-state index is 9.81. The molecule has 18 heavy (non-hydrogen) atoms. The fourth-order valence-corrected chi connectivity index (χ4v) is 2.59. The molecule has 0 amide bonds. The van der Waals surface area contributed by atoms with Gasteiger partial charge in [-0.3, -0.25) is 0 Å². The van der Waals surface area contributed by atoms with Crippen molar-refractivity contribution in [3.05, 3.63) is 22.4 Å². The molecule has 1 aromatic heterocycles. The van der Waals surface area contributed by atoms with Gasteiger partial charge < -0.3 is 14.8 Å². The van der Waals surface area contributed by atoms with Crippen molar-refractivity contribution in [2.24, 2.45) is 5.16 Å². The zero-order valence-corrected chi connectivity index (χ0v) is 11.2. The number of aliphatic hydroxyl groups is 1. The van der Waals surface area contributed by atoms with Crippen molar-refractivity contribution >= 4 is 17.6 Å². The first-order chi connectivity index (χ1) is 8.84. The molecule has 2 heterocycles. The third kappa shape index (κ3) is 4.76. The summed E-state index contributed by atoms with van der Waals surface area (Å²) in [6, 6.07) is 3.86. The molecule has 1 atom stereocenters. The van der Waals surface area contributed by atoms with Crippen LogP contribution in [-0.2, 0) is 4.84 Å². The maximum absolute atomic E-state index is 9.81. The van der Waals surface area contributed by atoms with E-state index in [1.54, 1.807) is 11.3 Å². The van der Waals surface area contributed by atoms with Crippen LogP contribution < -0.4 is 0 Å². The molecular formula is C13H19N2O2S. The predicted octanol–water partition coefficient (Wildman–Crippen LogP) is 1.82. The summed E-state index contributed by atoms with van der Waals surface area (Å²) in [5.41, 5.74) is 0. The highest BCUT2D eigenvalue weighted by molar-refractivity contribution is 7.11. The minimum Gasteiger partial charge on any atom is -0.392 e. The fraction of sp³-hybridized carbons (Fsp3) is 0.615. The molecule has 1 N–H and O–H groups in total. The van der Waals surface area contributed by atoms with E-state index in [4.69, 9.17) is 4.84 Å². The average Bonchev–Trinajstić information content (AvgIpc) is 2.89. The second-order valence-electron chi connectivity index (χ2n) is 4.49. The number of rotatable bonds is 6. The van der Waals surface area contributed by atoms with Crippen molar-refractivity contribution < 1.29 is 9.94 Å². The summed E-state index contributed by atoms with van der Waals surface area (Å²) in [7, 11) is 0. The van der Waals surface area contributed by atoms with Gasteiger partial charge in [0, 0.05) is 6.54 Å². The third-order valence-electron chi connectivity index (χ3n) is 2.93. The molecule has 5 heteroatoms. The van der Waals surface area contributed by atoms with Crippen molar-refractivity contribution in [1.82, 2.24) is 4.90 Å². The van der Waals surface area contributed by atoms with Crippen molar-refractivity contribution in [3.8, 4) is 0 Å². The van der Waals surface area contributed by atoms with Crippen LogP contribution in [0.25, 0.3) is 0 Å². The summed E-state index contributed by atoms with van der Waals surface area (Å²) in [6.45, 7) is 3.08. The minimum atomic E-state index is -0.475. The summed E-state index contributed by atoms with van der Waals surface area (Å²) in [6.07, 6.45) is 6.08. The van der Waals surface area contributed by atoms with Crippen LogP contribution in [0.3, 0.4) is 0 Å². The first kappa shape index (κ1) is 13.5. The molecule has 1 saturated heterocycles. The van der Waals surface area contributed by atoms with Crippen molar-refractivity contribution in [2.45, 2.75) is 25.4 Å². The van der Waals surface area contributed by atoms with Crippen molar-refractivity contribution in [3.63, 3.8) is 0 Å². The minimum absolute atomic E-state index is 0.231. The molecule has 1 fully saturated rings. The Labute approximate surface area is 112 Å². The molecule has 2 rings (SSSR count). The molecular weight excluding hydrogens is 248 g/mol. The van der Waals surface area contributed by atoms with Gasteiger partial charge in [0.05, 0.1) is 4.88 Å². The Morgan fingerprint density at radius 1 is 1.44 bits per heavy atom. The van der Waals surface area contributed by atoms with Crippen LogP contribution in [0.4, 0.5) is 0 Å². The van der Waals surface area contributed by atoms with E-state index in [1.165, 1.54) is 19.3 Å². The molecule has 1 unspecified atom stereocenters. The lowest BCUT2D eigenvalue weighted by atomic mass is 10.1. The number of nitrogens with zero attached hydrogens (tertiary/aromatic N) is 2. The molecule has 0 aromatic carbocycles. The fourth-order valence-electron chi connectivity index (χ4n) is 2.04. The number of hydrogen-bond acceptors (Lipinski definition) is 5. The standard InChI is InChI=1S/C13H19N2O2S/c16-12(10-15-6-2-1-3-7-15)11-17-14-9-13-5-4-8-18-13/h4-5,8,12,16H,1-3,6-7,10-11H2. The van der Waals surface area contributed by atoms with E-state index in [-0.39, 0.29) is 6.61 Å². The topological polar surface area (TPSA) is 45.1 Å². The van der Waals surface area contributed by atoms with E-state index in [2.05, 4.69) is 16.3 Å². The number of aliphatic hydroxyl groups excluding tert-OH is 1. The smallest absolute Gasteiger partial charge is 0.150 e. The highest BCUT2D eigenvalue weighted by atomic mass is 32.1. The summed E-state index contributed by atoms with van der Waals surface area (Å²) in [4.78, 5) is 8.27. The molecule has 99 valence electrons. The van der Waals surface area contributed by atoms with Gasteiger partial charge in [0.1, 0.15) is 18.9 Å². The summed E-state index contributed by atoms with van der Waals surface area (Å²) >= 11 is 1.55. The van der Waals surface area contributed by atoms with E-state index in [1.807, 2.05) is 17.5 Å². The zero-order chi connectivity index (χ0) is 12.6. The Bertz CT molecular complexity index is 348. The number of piperidine rings is 1. The number of hydrogen-bond donors (Lipinski definition) is 1. The Hall–Kier alpha value is -0.910. The van der Waals surface area contributed by atoms with Gasteiger partial charge in [0.15, 0.2) is 0 Å². The molecule has 0 aliphatic carbocycles. The van der Waals surface area contributed by atoms with Crippen LogP contribution in [0.15, 0.2) is 22.7 Å². The normalized spacial score (nSPS) is 19.2. The maximum Gasteiger partial charge on any atom is 0.150 e. The van der Waals surface area contributed by atoms with Crippen LogP contribution in [-0.4, -0.2) is 48.6 Å². The van der Waals surface area contributed by atoms with E-state index in [9.17, 15) is 5.11 Å². The lowest BCUT2D eigenvalue weighted by Gasteiger charge is -2.27. The molecule has 1 aliphatic heterocycles. The van der Waals surface area contributed by atoms with E-state index in [0.29, 0.717) is 6.54 Å². The Morgan fingerprint density at radius 3 is 3.00 bits per heavy atom. The molecule has 0 spiro atoms.